The third kappa shape index (κ3) is 5.01. The van der Waals surface area contributed by atoms with Crippen molar-refractivity contribution in [3.63, 3.8) is 0 Å². The van der Waals surface area contributed by atoms with E-state index in [0.29, 0.717) is 18.3 Å². The molecule has 1 aliphatic rings. The van der Waals surface area contributed by atoms with Gasteiger partial charge in [0.15, 0.2) is 6.61 Å². The minimum absolute atomic E-state index is 0.0436. The van der Waals surface area contributed by atoms with Crippen molar-refractivity contribution in [1.82, 2.24) is 15.6 Å². The van der Waals surface area contributed by atoms with E-state index in [0.717, 1.165) is 24.2 Å². The van der Waals surface area contributed by atoms with E-state index in [-0.39, 0.29) is 12.5 Å². The number of ether oxygens (including phenoxy) is 1. The van der Waals surface area contributed by atoms with E-state index in [2.05, 4.69) is 15.6 Å². The van der Waals surface area contributed by atoms with Gasteiger partial charge in [-0.2, -0.15) is 0 Å². The van der Waals surface area contributed by atoms with Gasteiger partial charge in [-0.25, -0.2) is 0 Å². The highest BCUT2D eigenvalue weighted by Gasteiger charge is 2.16. The van der Waals surface area contributed by atoms with Gasteiger partial charge in [-0.05, 0) is 38.9 Å². The zero-order chi connectivity index (χ0) is 15.1. The average Bonchev–Trinajstić information content (AvgIpc) is 2.48. The lowest BCUT2D eigenvalue weighted by atomic mass is 9.95. The van der Waals surface area contributed by atoms with Crippen molar-refractivity contribution in [3.05, 3.63) is 23.5 Å². The van der Waals surface area contributed by atoms with Crippen molar-refractivity contribution in [2.45, 2.75) is 51.6 Å². The summed E-state index contributed by atoms with van der Waals surface area (Å²) in [7, 11) is 1.86. The van der Waals surface area contributed by atoms with Crippen LogP contribution in [0.25, 0.3) is 0 Å². The second-order valence-electron chi connectivity index (χ2n) is 5.62. The Balaban J connectivity index is 1.85. The van der Waals surface area contributed by atoms with Crippen LogP contribution >= 0.6 is 0 Å². The molecular weight excluding hydrogens is 266 g/mol. The molecule has 1 saturated carbocycles. The first-order chi connectivity index (χ1) is 10.2. The summed E-state index contributed by atoms with van der Waals surface area (Å²) in [4.78, 5) is 16.4. The summed E-state index contributed by atoms with van der Waals surface area (Å²) < 4.78 is 5.63. The van der Waals surface area contributed by atoms with Gasteiger partial charge in [-0.3, -0.25) is 9.78 Å². The molecule has 21 heavy (non-hydrogen) atoms. The number of rotatable bonds is 6. The summed E-state index contributed by atoms with van der Waals surface area (Å²) in [5, 5.41) is 6.11. The molecule has 1 aliphatic carbocycles. The fourth-order valence-electron chi connectivity index (χ4n) is 2.68. The highest BCUT2D eigenvalue weighted by Crippen LogP contribution is 2.18. The van der Waals surface area contributed by atoms with Crippen LogP contribution in [-0.2, 0) is 11.3 Å². The molecule has 1 aromatic heterocycles. The maximum atomic E-state index is 11.9. The summed E-state index contributed by atoms with van der Waals surface area (Å²) in [5.74, 6) is 0.631. The molecule has 1 amide bonds. The smallest absolute Gasteiger partial charge is 0.258 e. The van der Waals surface area contributed by atoms with Crippen molar-refractivity contribution < 1.29 is 9.53 Å². The van der Waals surface area contributed by atoms with Crippen LogP contribution in [0.4, 0.5) is 0 Å². The van der Waals surface area contributed by atoms with Crippen LogP contribution in [0, 0.1) is 6.92 Å². The van der Waals surface area contributed by atoms with Crippen molar-refractivity contribution in [2.75, 3.05) is 13.7 Å². The second kappa shape index (κ2) is 7.98. The molecule has 5 nitrogen and oxygen atoms in total. The van der Waals surface area contributed by atoms with Gasteiger partial charge in [-0.15, -0.1) is 0 Å². The summed E-state index contributed by atoms with van der Waals surface area (Å²) in [5.41, 5.74) is 1.78. The number of amides is 1. The lowest BCUT2D eigenvalue weighted by molar-refractivity contribution is -0.124. The fraction of sp³-hybridized carbons (Fsp3) is 0.625. The number of nitrogens with zero attached hydrogens (tertiary/aromatic N) is 1. The molecule has 1 aromatic rings. The molecule has 0 unspecified atom stereocenters. The van der Waals surface area contributed by atoms with Crippen molar-refractivity contribution >= 4 is 5.91 Å². The monoisotopic (exact) mass is 291 g/mol. The largest absolute Gasteiger partial charge is 0.482 e. The Morgan fingerprint density at radius 1 is 1.33 bits per heavy atom. The van der Waals surface area contributed by atoms with E-state index in [9.17, 15) is 4.79 Å². The minimum atomic E-state index is -0.0436. The summed E-state index contributed by atoms with van der Waals surface area (Å²) in [6, 6.07) is 4.10. The summed E-state index contributed by atoms with van der Waals surface area (Å²) >= 11 is 0. The lowest BCUT2D eigenvalue weighted by Gasteiger charge is -2.22. The Labute approximate surface area is 126 Å². The molecule has 0 aromatic carbocycles. The first kappa shape index (κ1) is 15.8. The Bertz CT molecular complexity index is 471. The number of hydrogen-bond donors (Lipinski definition) is 2. The molecule has 1 heterocycles. The molecule has 0 radical (unpaired) electrons. The van der Waals surface area contributed by atoms with Gasteiger partial charge < -0.3 is 15.4 Å². The first-order valence-electron chi connectivity index (χ1n) is 7.72. The molecule has 0 atom stereocenters. The average molecular weight is 291 g/mol. The number of pyridine rings is 1. The van der Waals surface area contributed by atoms with Crippen LogP contribution in [0.15, 0.2) is 12.1 Å². The summed E-state index contributed by atoms with van der Waals surface area (Å²) in [6.45, 7) is 2.62. The number of nitrogens with one attached hydrogen (secondary N) is 2. The normalized spacial score (nSPS) is 15.7. The predicted octanol–water partition coefficient (Wildman–Crippen LogP) is 1.94. The van der Waals surface area contributed by atoms with Gasteiger partial charge in [0.2, 0.25) is 0 Å². The maximum absolute atomic E-state index is 11.9. The molecule has 0 aliphatic heterocycles. The predicted molar refractivity (Wildman–Crippen MR) is 82.2 cm³/mol. The third-order valence-electron chi connectivity index (χ3n) is 3.74. The zero-order valence-corrected chi connectivity index (χ0v) is 12.9. The molecule has 5 heteroatoms. The number of carbonyl (C=O) groups excluding carboxylic acids is 1. The van der Waals surface area contributed by atoms with Crippen LogP contribution in [-0.4, -0.2) is 30.6 Å². The van der Waals surface area contributed by atoms with Gasteiger partial charge in [0.05, 0.1) is 5.69 Å². The van der Waals surface area contributed by atoms with Crippen molar-refractivity contribution in [1.29, 1.82) is 0 Å². The Morgan fingerprint density at radius 3 is 2.81 bits per heavy atom. The van der Waals surface area contributed by atoms with E-state index in [4.69, 9.17) is 4.74 Å². The number of carbonyl (C=O) groups is 1. The molecule has 0 spiro atoms. The van der Waals surface area contributed by atoms with E-state index in [1.54, 1.807) is 0 Å². The quantitative estimate of drug-likeness (QED) is 0.841. The molecule has 116 valence electrons. The van der Waals surface area contributed by atoms with Gasteiger partial charge in [-0.1, -0.05) is 19.3 Å². The lowest BCUT2D eigenvalue weighted by Crippen LogP contribution is -2.39. The highest BCUT2D eigenvalue weighted by atomic mass is 16.5. The zero-order valence-electron chi connectivity index (χ0n) is 12.9. The van der Waals surface area contributed by atoms with E-state index in [1.165, 1.54) is 19.3 Å². The molecule has 0 saturated heterocycles. The van der Waals surface area contributed by atoms with E-state index < -0.39 is 0 Å². The number of aromatic nitrogens is 1. The molecule has 0 bridgehead atoms. The van der Waals surface area contributed by atoms with Gasteiger partial charge in [0.25, 0.3) is 5.91 Å². The Morgan fingerprint density at radius 2 is 2.10 bits per heavy atom. The Kier molecular flexibility index (Phi) is 5.99. The van der Waals surface area contributed by atoms with Crippen molar-refractivity contribution in [3.8, 4) is 5.75 Å². The van der Waals surface area contributed by atoms with Gasteiger partial charge in [0, 0.05) is 18.3 Å². The first-order valence-corrected chi connectivity index (χ1v) is 7.72. The van der Waals surface area contributed by atoms with E-state index in [1.807, 2.05) is 26.1 Å². The number of hydrogen-bond acceptors (Lipinski definition) is 4. The van der Waals surface area contributed by atoms with Crippen LogP contribution in [0.3, 0.4) is 0 Å². The minimum Gasteiger partial charge on any atom is -0.482 e. The van der Waals surface area contributed by atoms with Crippen LogP contribution < -0.4 is 15.4 Å². The molecule has 2 rings (SSSR count). The topological polar surface area (TPSA) is 63.3 Å². The third-order valence-corrected chi connectivity index (χ3v) is 3.74. The van der Waals surface area contributed by atoms with Crippen LogP contribution in [0.1, 0.15) is 43.5 Å². The SMILES string of the molecule is CNCc1nc(C)ccc1OCC(=O)NC1CCCCC1. The fourth-order valence-corrected chi connectivity index (χ4v) is 2.68. The molecule has 1 fully saturated rings. The summed E-state index contributed by atoms with van der Waals surface area (Å²) in [6.07, 6.45) is 5.87. The van der Waals surface area contributed by atoms with Crippen LogP contribution in [0.5, 0.6) is 5.75 Å². The van der Waals surface area contributed by atoms with Crippen LogP contribution in [0.2, 0.25) is 0 Å². The van der Waals surface area contributed by atoms with E-state index >= 15 is 0 Å². The second-order valence-corrected chi connectivity index (χ2v) is 5.62. The highest BCUT2D eigenvalue weighted by molar-refractivity contribution is 5.77. The Hall–Kier alpha value is -1.62. The maximum Gasteiger partial charge on any atom is 0.258 e. The number of aryl methyl sites for hydroxylation is 1. The van der Waals surface area contributed by atoms with Gasteiger partial charge in [0.1, 0.15) is 5.75 Å². The molecule has 2 N–H and O–H groups in total. The van der Waals surface area contributed by atoms with Gasteiger partial charge >= 0.3 is 0 Å². The van der Waals surface area contributed by atoms with Crippen molar-refractivity contribution in [2.24, 2.45) is 0 Å². The standard InChI is InChI=1S/C16H25N3O2/c1-12-8-9-15(14(18-12)10-17-2)21-11-16(20)19-13-6-4-3-5-7-13/h8-9,13,17H,3-7,10-11H2,1-2H3,(H,19,20). The molecular formula is C16H25N3O2.